The fourth-order valence-corrected chi connectivity index (χ4v) is 1.39. The molecule has 0 fully saturated rings. The van der Waals surface area contributed by atoms with Crippen molar-refractivity contribution < 1.29 is 24.6 Å². The van der Waals surface area contributed by atoms with E-state index in [4.69, 9.17) is 10.2 Å². The maximum atomic E-state index is 11.3. The number of carbonyl (C=O) groups is 3. The van der Waals surface area contributed by atoms with E-state index in [1.807, 2.05) is 22.6 Å². The maximum absolute atomic E-state index is 11.3. The van der Waals surface area contributed by atoms with Crippen molar-refractivity contribution in [2.24, 2.45) is 0 Å². The lowest BCUT2D eigenvalue weighted by molar-refractivity contribution is -0.138. The zero-order valence-electron chi connectivity index (χ0n) is 7.98. The molecule has 6 nitrogen and oxygen atoms in total. The van der Waals surface area contributed by atoms with Gasteiger partial charge in [0, 0.05) is 13.1 Å². The first-order valence-corrected chi connectivity index (χ1v) is 5.77. The fourth-order valence-electron chi connectivity index (χ4n) is 0.907. The molecule has 0 aromatic rings. The number of alkyl halides is 1. The van der Waals surface area contributed by atoms with Crippen LogP contribution in [0.3, 0.4) is 0 Å². The molecule has 0 bridgehead atoms. The van der Waals surface area contributed by atoms with E-state index in [-0.39, 0.29) is 36.3 Å². The van der Waals surface area contributed by atoms with E-state index in [0.29, 0.717) is 0 Å². The summed E-state index contributed by atoms with van der Waals surface area (Å²) in [6.45, 7) is 0.120. The Labute approximate surface area is 100 Å². The third-order valence-electron chi connectivity index (χ3n) is 1.66. The van der Waals surface area contributed by atoms with Gasteiger partial charge >= 0.3 is 11.9 Å². The van der Waals surface area contributed by atoms with E-state index in [0.717, 1.165) is 0 Å². The molecule has 15 heavy (non-hydrogen) atoms. The first-order valence-electron chi connectivity index (χ1n) is 4.24. The lowest BCUT2D eigenvalue weighted by atomic mass is 10.3. The van der Waals surface area contributed by atoms with Gasteiger partial charge in [0.1, 0.15) is 0 Å². The maximum Gasteiger partial charge on any atom is 0.305 e. The standard InChI is InChI=1S/C8H12INO5/c9-5-6(11)10(3-1-7(12)13)4-2-8(14)15/h1-5H2,(H,12,13)(H,14,15). The summed E-state index contributed by atoms with van der Waals surface area (Å²) in [5.41, 5.74) is 0. The van der Waals surface area contributed by atoms with Gasteiger partial charge in [-0.2, -0.15) is 0 Å². The average Bonchev–Trinajstić information content (AvgIpc) is 2.16. The van der Waals surface area contributed by atoms with Crippen molar-refractivity contribution in [3.63, 3.8) is 0 Å². The van der Waals surface area contributed by atoms with Gasteiger partial charge in [0.25, 0.3) is 0 Å². The number of hydrogen-bond donors (Lipinski definition) is 2. The molecule has 0 unspecified atom stereocenters. The van der Waals surface area contributed by atoms with Crippen LogP contribution in [0.15, 0.2) is 0 Å². The molecule has 0 aromatic heterocycles. The molecule has 0 saturated carbocycles. The number of rotatable bonds is 7. The number of carboxylic acids is 2. The van der Waals surface area contributed by atoms with Crippen molar-refractivity contribution in [1.82, 2.24) is 4.90 Å². The molecule has 0 aliphatic rings. The van der Waals surface area contributed by atoms with Gasteiger partial charge in [-0.05, 0) is 0 Å². The third kappa shape index (κ3) is 7.11. The van der Waals surface area contributed by atoms with E-state index in [1.54, 1.807) is 0 Å². The fraction of sp³-hybridized carbons (Fsp3) is 0.625. The molecule has 7 heteroatoms. The van der Waals surface area contributed by atoms with Gasteiger partial charge in [-0.25, -0.2) is 0 Å². The highest BCUT2D eigenvalue weighted by molar-refractivity contribution is 14.1. The van der Waals surface area contributed by atoms with E-state index in [1.165, 1.54) is 4.90 Å². The summed E-state index contributed by atoms with van der Waals surface area (Å²) < 4.78 is 0.219. The topological polar surface area (TPSA) is 94.9 Å². The normalized spacial score (nSPS) is 9.67. The predicted molar refractivity (Wildman–Crippen MR) is 60.0 cm³/mol. The van der Waals surface area contributed by atoms with Gasteiger partial charge in [0.15, 0.2) is 0 Å². The molecule has 0 radical (unpaired) electrons. The van der Waals surface area contributed by atoms with Gasteiger partial charge in [0.05, 0.1) is 17.3 Å². The molecule has 0 aliphatic heterocycles. The quantitative estimate of drug-likeness (QED) is 0.514. The lowest BCUT2D eigenvalue weighted by Gasteiger charge is -2.19. The number of carboxylic acid groups (broad SMARTS) is 2. The third-order valence-corrected chi connectivity index (χ3v) is 2.31. The van der Waals surface area contributed by atoms with E-state index >= 15 is 0 Å². The van der Waals surface area contributed by atoms with Crippen LogP contribution in [0.25, 0.3) is 0 Å². The number of carbonyl (C=O) groups excluding carboxylic acids is 1. The van der Waals surface area contributed by atoms with Crippen LogP contribution in [0.5, 0.6) is 0 Å². The largest absolute Gasteiger partial charge is 0.481 e. The van der Waals surface area contributed by atoms with Crippen molar-refractivity contribution in [2.45, 2.75) is 12.8 Å². The van der Waals surface area contributed by atoms with Crippen molar-refractivity contribution in [3.05, 3.63) is 0 Å². The highest BCUT2D eigenvalue weighted by atomic mass is 127. The monoisotopic (exact) mass is 329 g/mol. The highest BCUT2D eigenvalue weighted by Gasteiger charge is 2.14. The predicted octanol–water partition coefficient (Wildman–Crippen LogP) is 0.199. The molecular weight excluding hydrogens is 317 g/mol. The van der Waals surface area contributed by atoms with Gasteiger partial charge in [-0.15, -0.1) is 0 Å². The molecule has 0 rings (SSSR count). The number of aliphatic carboxylic acids is 2. The summed E-state index contributed by atoms with van der Waals surface area (Å²) in [6, 6.07) is 0. The van der Waals surface area contributed by atoms with Crippen LogP contribution in [0, 0.1) is 0 Å². The Balaban J connectivity index is 4.12. The number of amides is 1. The van der Waals surface area contributed by atoms with Crippen molar-refractivity contribution in [1.29, 1.82) is 0 Å². The second-order valence-electron chi connectivity index (χ2n) is 2.80. The van der Waals surface area contributed by atoms with Gasteiger partial charge in [0.2, 0.25) is 5.91 Å². The summed E-state index contributed by atoms with van der Waals surface area (Å²) in [7, 11) is 0. The molecular formula is C8H12INO5. The summed E-state index contributed by atoms with van der Waals surface area (Å²) >= 11 is 1.86. The molecule has 0 heterocycles. The molecule has 2 N–H and O–H groups in total. The molecule has 0 saturated heterocycles. The Morgan fingerprint density at radius 2 is 1.40 bits per heavy atom. The number of hydrogen-bond acceptors (Lipinski definition) is 3. The van der Waals surface area contributed by atoms with Crippen molar-refractivity contribution in [2.75, 3.05) is 17.5 Å². The highest BCUT2D eigenvalue weighted by Crippen LogP contribution is 1.99. The zero-order chi connectivity index (χ0) is 11.8. The first kappa shape index (κ1) is 14.1. The number of halogens is 1. The summed E-state index contributed by atoms with van der Waals surface area (Å²) in [5.74, 6) is -2.24. The van der Waals surface area contributed by atoms with Crippen LogP contribution >= 0.6 is 22.6 Å². The smallest absolute Gasteiger partial charge is 0.305 e. The van der Waals surface area contributed by atoms with Crippen molar-refractivity contribution >= 4 is 40.4 Å². The molecule has 0 aliphatic carbocycles. The SMILES string of the molecule is O=C(O)CCN(CCC(=O)O)C(=O)CI. The molecule has 0 atom stereocenters. The second-order valence-corrected chi connectivity index (χ2v) is 3.56. The van der Waals surface area contributed by atoms with Gasteiger partial charge < -0.3 is 15.1 Å². The van der Waals surface area contributed by atoms with Gasteiger partial charge in [-0.1, -0.05) is 22.6 Å². The minimum absolute atomic E-state index is 0.0600. The van der Waals surface area contributed by atoms with Crippen LogP contribution in [0.2, 0.25) is 0 Å². The van der Waals surface area contributed by atoms with Crippen LogP contribution in [0.4, 0.5) is 0 Å². The summed E-state index contributed by atoms with van der Waals surface area (Å²) in [6.07, 6.45) is -0.329. The Morgan fingerprint density at radius 3 is 1.67 bits per heavy atom. The zero-order valence-corrected chi connectivity index (χ0v) is 10.1. The Kier molecular flexibility index (Phi) is 7.01. The van der Waals surface area contributed by atoms with Crippen molar-refractivity contribution in [3.8, 4) is 0 Å². The second kappa shape index (κ2) is 7.43. The molecule has 86 valence electrons. The summed E-state index contributed by atoms with van der Waals surface area (Å²) in [4.78, 5) is 33.1. The van der Waals surface area contributed by atoms with Crippen LogP contribution in [0.1, 0.15) is 12.8 Å². The Bertz CT molecular complexity index is 237. The van der Waals surface area contributed by atoms with E-state index in [9.17, 15) is 14.4 Å². The number of nitrogens with zero attached hydrogens (tertiary/aromatic N) is 1. The van der Waals surface area contributed by atoms with Crippen LogP contribution < -0.4 is 0 Å². The van der Waals surface area contributed by atoms with E-state index in [2.05, 4.69) is 0 Å². The molecule has 1 amide bonds. The first-order chi connectivity index (χ1) is 6.97. The average molecular weight is 329 g/mol. The minimum Gasteiger partial charge on any atom is -0.481 e. The van der Waals surface area contributed by atoms with Gasteiger partial charge in [-0.3, -0.25) is 14.4 Å². The lowest BCUT2D eigenvalue weighted by Crippen LogP contribution is -2.35. The Morgan fingerprint density at radius 1 is 1.00 bits per heavy atom. The van der Waals surface area contributed by atoms with Crippen LogP contribution in [-0.4, -0.2) is 50.5 Å². The Hall–Kier alpha value is -0.860. The minimum atomic E-state index is -1.00. The summed E-state index contributed by atoms with van der Waals surface area (Å²) in [5, 5.41) is 16.9. The molecule has 0 aromatic carbocycles. The van der Waals surface area contributed by atoms with E-state index < -0.39 is 11.9 Å². The molecule has 0 spiro atoms. The van der Waals surface area contributed by atoms with Crippen LogP contribution in [-0.2, 0) is 14.4 Å².